The highest BCUT2D eigenvalue weighted by Gasteiger charge is 2.12. The Balaban J connectivity index is 1.37. The van der Waals surface area contributed by atoms with E-state index in [1.165, 1.54) is 14.2 Å². The lowest BCUT2D eigenvalue weighted by atomic mass is 10.0. The standard InChI is InChI=1S/C36H38ClNO5/c1-41-35(39)9-5-6-23-38(25-27-10-16-32(17-11-27)36(40)42-2)24-22-31-7-3-4-8-34(31)43-26-28-12-14-29(15-13-28)30-18-20-33(37)21-19-30/h3-4,7-8,10-21H,5-6,9,22-26H2,1-2H3. The second-order valence-corrected chi connectivity index (χ2v) is 10.8. The second kappa shape index (κ2) is 16.5. The lowest BCUT2D eigenvalue weighted by Gasteiger charge is -2.23. The Labute approximate surface area is 259 Å². The number of para-hydroxylation sites is 1. The van der Waals surface area contributed by atoms with Gasteiger partial charge < -0.3 is 14.2 Å². The van der Waals surface area contributed by atoms with Crippen molar-refractivity contribution >= 4 is 23.5 Å². The molecule has 0 atom stereocenters. The smallest absolute Gasteiger partial charge is 0.337 e. The van der Waals surface area contributed by atoms with Crippen LogP contribution >= 0.6 is 11.6 Å². The summed E-state index contributed by atoms with van der Waals surface area (Å²) in [5.41, 5.74) is 6.12. The van der Waals surface area contributed by atoms with E-state index in [2.05, 4.69) is 35.2 Å². The lowest BCUT2D eigenvalue weighted by Crippen LogP contribution is -2.27. The molecule has 0 fully saturated rings. The van der Waals surface area contributed by atoms with E-state index < -0.39 is 0 Å². The van der Waals surface area contributed by atoms with E-state index >= 15 is 0 Å². The van der Waals surface area contributed by atoms with Crippen molar-refractivity contribution in [3.8, 4) is 16.9 Å². The third-order valence-corrected chi connectivity index (χ3v) is 7.56. The lowest BCUT2D eigenvalue weighted by molar-refractivity contribution is -0.140. The number of rotatable bonds is 15. The maximum absolute atomic E-state index is 11.8. The molecule has 0 radical (unpaired) electrons. The van der Waals surface area contributed by atoms with Crippen LogP contribution in [0.2, 0.25) is 5.02 Å². The van der Waals surface area contributed by atoms with Gasteiger partial charge >= 0.3 is 11.9 Å². The molecule has 0 aliphatic heterocycles. The van der Waals surface area contributed by atoms with Crippen LogP contribution in [0.1, 0.15) is 46.3 Å². The minimum absolute atomic E-state index is 0.185. The molecule has 0 heterocycles. The molecule has 0 aromatic heterocycles. The summed E-state index contributed by atoms with van der Waals surface area (Å²) in [5, 5.41) is 0.725. The highest BCUT2D eigenvalue weighted by molar-refractivity contribution is 6.30. The molecule has 0 aliphatic rings. The Morgan fingerprint density at radius 2 is 1.37 bits per heavy atom. The van der Waals surface area contributed by atoms with Crippen molar-refractivity contribution in [2.75, 3.05) is 27.3 Å². The van der Waals surface area contributed by atoms with Crippen molar-refractivity contribution in [3.63, 3.8) is 0 Å². The summed E-state index contributed by atoms with van der Waals surface area (Å²) in [6, 6.07) is 31.9. The van der Waals surface area contributed by atoms with Crippen molar-refractivity contribution < 1.29 is 23.8 Å². The number of nitrogens with zero attached hydrogens (tertiary/aromatic N) is 1. The van der Waals surface area contributed by atoms with Gasteiger partial charge in [-0.2, -0.15) is 0 Å². The number of esters is 2. The molecule has 4 rings (SSSR count). The van der Waals surface area contributed by atoms with E-state index in [0.717, 1.165) is 77.5 Å². The summed E-state index contributed by atoms with van der Waals surface area (Å²) in [6.07, 6.45) is 2.86. The molecular formula is C36H38ClNO5. The molecule has 224 valence electrons. The van der Waals surface area contributed by atoms with Gasteiger partial charge in [0.05, 0.1) is 19.8 Å². The van der Waals surface area contributed by atoms with Gasteiger partial charge in [0.2, 0.25) is 0 Å². The molecule has 0 saturated heterocycles. The summed E-state index contributed by atoms with van der Waals surface area (Å²) in [5.74, 6) is 0.341. The van der Waals surface area contributed by atoms with Crippen molar-refractivity contribution in [2.24, 2.45) is 0 Å². The Morgan fingerprint density at radius 1 is 0.721 bits per heavy atom. The van der Waals surface area contributed by atoms with E-state index in [9.17, 15) is 9.59 Å². The fourth-order valence-corrected chi connectivity index (χ4v) is 4.95. The number of benzene rings is 4. The molecule has 0 unspecified atom stereocenters. The number of halogens is 1. The molecule has 7 heteroatoms. The van der Waals surface area contributed by atoms with Gasteiger partial charge in [-0.25, -0.2) is 4.79 Å². The first-order valence-electron chi connectivity index (χ1n) is 14.5. The average Bonchev–Trinajstić information content (AvgIpc) is 3.05. The molecule has 4 aromatic rings. The number of carbonyl (C=O) groups is 2. The predicted octanol–water partition coefficient (Wildman–Crippen LogP) is 7.76. The van der Waals surface area contributed by atoms with Gasteiger partial charge in [-0.3, -0.25) is 9.69 Å². The van der Waals surface area contributed by atoms with Crippen LogP contribution in [-0.2, 0) is 33.8 Å². The Hall–Kier alpha value is -4.13. The van der Waals surface area contributed by atoms with Crippen LogP contribution in [0, 0.1) is 0 Å². The van der Waals surface area contributed by atoms with Crippen molar-refractivity contribution in [1.29, 1.82) is 0 Å². The SMILES string of the molecule is COC(=O)CCCCN(CCc1ccccc1OCc1ccc(-c2ccc(Cl)cc2)cc1)Cc1ccc(C(=O)OC)cc1. The molecule has 0 amide bonds. The quantitative estimate of drug-likeness (QED) is 0.103. The number of methoxy groups -OCH3 is 2. The van der Waals surface area contributed by atoms with E-state index in [1.54, 1.807) is 12.1 Å². The number of ether oxygens (including phenoxy) is 3. The minimum atomic E-state index is -0.347. The van der Waals surface area contributed by atoms with E-state index in [1.807, 2.05) is 54.6 Å². The summed E-state index contributed by atoms with van der Waals surface area (Å²) in [4.78, 5) is 25.8. The van der Waals surface area contributed by atoms with Crippen LogP contribution in [0.3, 0.4) is 0 Å². The van der Waals surface area contributed by atoms with Gasteiger partial charge in [0.15, 0.2) is 0 Å². The normalized spacial score (nSPS) is 10.9. The Bertz CT molecular complexity index is 1450. The Kier molecular flexibility index (Phi) is 12.2. The number of carbonyl (C=O) groups excluding carboxylic acids is 2. The minimum Gasteiger partial charge on any atom is -0.489 e. The first kappa shape index (κ1) is 31.8. The zero-order valence-electron chi connectivity index (χ0n) is 24.8. The zero-order valence-corrected chi connectivity index (χ0v) is 25.5. The average molecular weight is 600 g/mol. The molecule has 0 spiro atoms. The van der Waals surface area contributed by atoms with Crippen LogP contribution in [0.25, 0.3) is 11.1 Å². The van der Waals surface area contributed by atoms with Gasteiger partial charge in [-0.15, -0.1) is 0 Å². The molecule has 0 aliphatic carbocycles. The number of unbranched alkanes of at least 4 members (excludes halogenated alkanes) is 1. The van der Waals surface area contributed by atoms with Crippen LogP contribution in [0.4, 0.5) is 0 Å². The number of hydrogen-bond acceptors (Lipinski definition) is 6. The highest BCUT2D eigenvalue weighted by Crippen LogP contribution is 2.24. The monoisotopic (exact) mass is 599 g/mol. The summed E-state index contributed by atoms with van der Waals surface area (Å²) < 4.78 is 15.9. The maximum Gasteiger partial charge on any atom is 0.337 e. The fourth-order valence-electron chi connectivity index (χ4n) is 4.83. The third-order valence-electron chi connectivity index (χ3n) is 7.31. The largest absolute Gasteiger partial charge is 0.489 e. The second-order valence-electron chi connectivity index (χ2n) is 10.3. The van der Waals surface area contributed by atoms with Crippen LogP contribution in [0.5, 0.6) is 5.75 Å². The molecule has 43 heavy (non-hydrogen) atoms. The molecule has 4 aromatic carbocycles. The fraction of sp³-hybridized carbons (Fsp3) is 0.278. The predicted molar refractivity (Wildman–Crippen MR) is 170 cm³/mol. The maximum atomic E-state index is 11.8. The zero-order chi connectivity index (χ0) is 30.4. The molecule has 0 N–H and O–H groups in total. The van der Waals surface area contributed by atoms with Crippen molar-refractivity contribution in [1.82, 2.24) is 4.90 Å². The van der Waals surface area contributed by atoms with Crippen molar-refractivity contribution in [2.45, 2.75) is 38.8 Å². The van der Waals surface area contributed by atoms with Crippen molar-refractivity contribution in [3.05, 3.63) is 124 Å². The van der Waals surface area contributed by atoms with Gasteiger partial charge in [0.1, 0.15) is 12.4 Å². The van der Waals surface area contributed by atoms with Crippen LogP contribution in [-0.4, -0.2) is 44.1 Å². The molecule has 6 nitrogen and oxygen atoms in total. The summed E-state index contributed by atoms with van der Waals surface area (Å²) in [7, 11) is 2.80. The van der Waals surface area contributed by atoms with Gasteiger partial charge in [0.25, 0.3) is 0 Å². The summed E-state index contributed by atoms with van der Waals surface area (Å²) in [6.45, 7) is 2.84. The van der Waals surface area contributed by atoms with Crippen LogP contribution < -0.4 is 4.74 Å². The molecular weight excluding hydrogens is 562 g/mol. The third kappa shape index (κ3) is 9.98. The first-order chi connectivity index (χ1) is 20.9. The van der Waals surface area contributed by atoms with Gasteiger partial charge in [-0.05, 0) is 84.0 Å². The van der Waals surface area contributed by atoms with E-state index in [0.29, 0.717) is 18.6 Å². The first-order valence-corrected chi connectivity index (χ1v) is 14.8. The molecule has 0 saturated carbocycles. The van der Waals surface area contributed by atoms with Gasteiger partial charge in [0, 0.05) is 24.5 Å². The van der Waals surface area contributed by atoms with Crippen LogP contribution in [0.15, 0.2) is 97.1 Å². The van der Waals surface area contributed by atoms with Gasteiger partial charge in [-0.1, -0.05) is 78.3 Å². The van der Waals surface area contributed by atoms with E-state index in [-0.39, 0.29) is 11.9 Å². The van der Waals surface area contributed by atoms with E-state index in [4.69, 9.17) is 25.8 Å². The molecule has 0 bridgehead atoms. The Morgan fingerprint density at radius 3 is 2.05 bits per heavy atom. The summed E-state index contributed by atoms with van der Waals surface area (Å²) >= 11 is 6.03. The number of hydrogen-bond donors (Lipinski definition) is 0. The topological polar surface area (TPSA) is 65.1 Å². The highest BCUT2D eigenvalue weighted by atomic mass is 35.5.